The Balaban J connectivity index is 2.94. The highest BCUT2D eigenvalue weighted by molar-refractivity contribution is 5.97. The van der Waals surface area contributed by atoms with Crippen molar-refractivity contribution in [1.29, 1.82) is 0 Å². The van der Waals surface area contributed by atoms with Crippen LogP contribution in [0.15, 0.2) is 0 Å². The third-order valence-electron chi connectivity index (χ3n) is 2.81. The maximum absolute atomic E-state index is 12.3. The van der Waals surface area contributed by atoms with Crippen LogP contribution in [0.5, 0.6) is 0 Å². The number of nitrogens with one attached hydrogen (secondary N) is 1. The summed E-state index contributed by atoms with van der Waals surface area (Å²) >= 11 is 0. The molecule has 1 heterocycles. The zero-order chi connectivity index (χ0) is 13.7. The molecule has 0 spiro atoms. The van der Waals surface area contributed by atoms with E-state index >= 15 is 0 Å². The molecule has 1 rings (SSSR count). The summed E-state index contributed by atoms with van der Waals surface area (Å²) in [6.45, 7) is 6.03. The minimum atomic E-state index is -0.241. The largest absolute Gasteiger partial charge is 0.395 e. The van der Waals surface area contributed by atoms with Gasteiger partial charge in [0.15, 0.2) is 5.69 Å². The minimum Gasteiger partial charge on any atom is -0.395 e. The molecule has 0 saturated carbocycles. The van der Waals surface area contributed by atoms with Crippen molar-refractivity contribution in [2.24, 2.45) is 0 Å². The van der Waals surface area contributed by atoms with Crippen molar-refractivity contribution >= 4 is 11.6 Å². The van der Waals surface area contributed by atoms with Crippen LogP contribution >= 0.6 is 0 Å². The van der Waals surface area contributed by atoms with Crippen LogP contribution < -0.4 is 5.73 Å². The SMILES string of the molecule is CCCc1[nH]nc(C(=O)N(CCO)C(C)C)c1N. The summed E-state index contributed by atoms with van der Waals surface area (Å²) in [5.74, 6) is -0.241. The van der Waals surface area contributed by atoms with E-state index in [-0.39, 0.29) is 30.8 Å². The highest BCUT2D eigenvalue weighted by Crippen LogP contribution is 2.18. The van der Waals surface area contributed by atoms with Gasteiger partial charge in [-0.1, -0.05) is 13.3 Å². The number of nitrogens with zero attached hydrogens (tertiary/aromatic N) is 2. The van der Waals surface area contributed by atoms with Crippen LogP contribution in [-0.2, 0) is 6.42 Å². The van der Waals surface area contributed by atoms with Crippen molar-refractivity contribution < 1.29 is 9.90 Å². The number of aryl methyl sites for hydroxylation is 1. The fourth-order valence-corrected chi connectivity index (χ4v) is 1.83. The summed E-state index contributed by atoms with van der Waals surface area (Å²) in [6.07, 6.45) is 1.71. The third kappa shape index (κ3) is 3.01. The minimum absolute atomic E-state index is 0.00428. The number of aliphatic hydroxyl groups is 1. The molecule has 0 aliphatic rings. The van der Waals surface area contributed by atoms with Crippen molar-refractivity contribution in [3.05, 3.63) is 11.4 Å². The Kier molecular flexibility index (Phi) is 5.15. The van der Waals surface area contributed by atoms with Gasteiger partial charge in [-0.2, -0.15) is 5.10 Å². The van der Waals surface area contributed by atoms with E-state index in [0.717, 1.165) is 18.5 Å². The van der Waals surface area contributed by atoms with Gasteiger partial charge < -0.3 is 15.7 Å². The van der Waals surface area contributed by atoms with Crippen LogP contribution in [0.2, 0.25) is 0 Å². The molecular formula is C12H22N4O2. The summed E-state index contributed by atoms with van der Waals surface area (Å²) in [6, 6.07) is -0.00428. The van der Waals surface area contributed by atoms with Crippen molar-refractivity contribution in [3.63, 3.8) is 0 Å². The lowest BCUT2D eigenvalue weighted by Crippen LogP contribution is -2.39. The van der Waals surface area contributed by atoms with Crippen LogP contribution in [0.4, 0.5) is 5.69 Å². The first-order chi connectivity index (χ1) is 8.52. The molecule has 0 aliphatic carbocycles. The first-order valence-electron chi connectivity index (χ1n) is 6.27. The quantitative estimate of drug-likeness (QED) is 0.699. The van der Waals surface area contributed by atoms with E-state index in [1.165, 1.54) is 0 Å². The highest BCUT2D eigenvalue weighted by atomic mass is 16.3. The molecule has 0 fully saturated rings. The van der Waals surface area contributed by atoms with Gasteiger partial charge in [-0.3, -0.25) is 9.89 Å². The molecule has 0 atom stereocenters. The van der Waals surface area contributed by atoms with Crippen LogP contribution in [0, 0.1) is 0 Å². The number of nitrogen functional groups attached to an aromatic ring is 1. The molecule has 0 aliphatic heterocycles. The van der Waals surface area contributed by atoms with Gasteiger partial charge in [0.2, 0.25) is 0 Å². The van der Waals surface area contributed by atoms with Crippen LogP contribution in [0.1, 0.15) is 43.4 Å². The average molecular weight is 254 g/mol. The lowest BCUT2D eigenvalue weighted by Gasteiger charge is -2.25. The predicted molar refractivity (Wildman–Crippen MR) is 70.3 cm³/mol. The van der Waals surface area contributed by atoms with E-state index in [2.05, 4.69) is 10.2 Å². The summed E-state index contributed by atoms with van der Waals surface area (Å²) in [5.41, 5.74) is 7.39. The van der Waals surface area contributed by atoms with E-state index < -0.39 is 0 Å². The van der Waals surface area contributed by atoms with Gasteiger partial charge >= 0.3 is 0 Å². The van der Waals surface area contributed by atoms with Crippen molar-refractivity contribution in [2.75, 3.05) is 18.9 Å². The molecule has 0 bridgehead atoms. The number of aliphatic hydroxyl groups excluding tert-OH is 1. The summed E-state index contributed by atoms with van der Waals surface area (Å²) < 4.78 is 0. The second-order valence-electron chi connectivity index (χ2n) is 4.53. The maximum Gasteiger partial charge on any atom is 0.276 e. The van der Waals surface area contributed by atoms with Crippen molar-refractivity contribution in [3.8, 4) is 0 Å². The van der Waals surface area contributed by atoms with E-state index in [1.54, 1.807) is 4.90 Å². The van der Waals surface area contributed by atoms with Gasteiger partial charge in [0.25, 0.3) is 5.91 Å². The number of aromatic amines is 1. The lowest BCUT2D eigenvalue weighted by molar-refractivity contribution is 0.0660. The normalized spacial score (nSPS) is 10.9. The standard InChI is InChI=1S/C12H22N4O2/c1-4-5-9-10(13)11(15-14-9)12(18)16(6-7-17)8(2)3/h8,17H,4-7,13H2,1-3H3,(H,14,15). The first kappa shape index (κ1) is 14.5. The number of aromatic nitrogens is 2. The number of H-pyrrole nitrogens is 1. The third-order valence-corrected chi connectivity index (χ3v) is 2.81. The number of rotatable bonds is 6. The Morgan fingerprint density at radius 2 is 2.22 bits per heavy atom. The van der Waals surface area contributed by atoms with Gasteiger partial charge in [-0.25, -0.2) is 0 Å². The van der Waals surface area contributed by atoms with E-state index in [0.29, 0.717) is 5.69 Å². The molecule has 1 aromatic heterocycles. The van der Waals surface area contributed by atoms with Gasteiger partial charge in [0.1, 0.15) is 0 Å². The molecule has 4 N–H and O–H groups in total. The number of amides is 1. The molecule has 0 radical (unpaired) electrons. The first-order valence-corrected chi connectivity index (χ1v) is 6.27. The Hall–Kier alpha value is -1.56. The summed E-state index contributed by atoms with van der Waals surface area (Å²) in [4.78, 5) is 13.8. The van der Waals surface area contributed by atoms with E-state index in [1.807, 2.05) is 20.8 Å². The Labute approximate surface area is 107 Å². The zero-order valence-electron chi connectivity index (χ0n) is 11.2. The smallest absolute Gasteiger partial charge is 0.276 e. The lowest BCUT2D eigenvalue weighted by atomic mass is 10.2. The summed E-state index contributed by atoms with van der Waals surface area (Å²) in [5, 5.41) is 15.8. The van der Waals surface area contributed by atoms with E-state index in [9.17, 15) is 4.79 Å². The number of hydrogen-bond donors (Lipinski definition) is 3. The molecule has 6 nitrogen and oxygen atoms in total. The molecule has 0 aromatic carbocycles. The van der Waals surface area contributed by atoms with Crippen molar-refractivity contribution in [1.82, 2.24) is 15.1 Å². The monoisotopic (exact) mass is 254 g/mol. The Bertz CT molecular complexity index is 401. The maximum atomic E-state index is 12.3. The van der Waals surface area contributed by atoms with Crippen molar-refractivity contribution in [2.45, 2.75) is 39.7 Å². The van der Waals surface area contributed by atoms with Crippen LogP contribution in [-0.4, -0.2) is 45.3 Å². The van der Waals surface area contributed by atoms with Gasteiger partial charge in [-0.15, -0.1) is 0 Å². The second kappa shape index (κ2) is 6.39. The number of nitrogens with two attached hydrogens (primary N) is 1. The molecule has 1 amide bonds. The molecule has 102 valence electrons. The average Bonchev–Trinajstić information content (AvgIpc) is 2.67. The van der Waals surface area contributed by atoms with Gasteiger partial charge in [0, 0.05) is 12.6 Å². The van der Waals surface area contributed by atoms with Crippen LogP contribution in [0.3, 0.4) is 0 Å². The number of anilines is 1. The molecule has 6 heteroatoms. The number of carbonyl (C=O) groups excluding carboxylic acids is 1. The topological polar surface area (TPSA) is 95.2 Å². The molecule has 18 heavy (non-hydrogen) atoms. The van der Waals surface area contributed by atoms with Crippen LogP contribution in [0.25, 0.3) is 0 Å². The van der Waals surface area contributed by atoms with Gasteiger partial charge in [0.05, 0.1) is 18.0 Å². The summed E-state index contributed by atoms with van der Waals surface area (Å²) in [7, 11) is 0. The van der Waals surface area contributed by atoms with E-state index in [4.69, 9.17) is 10.8 Å². The number of carbonyl (C=O) groups is 1. The fraction of sp³-hybridized carbons (Fsp3) is 0.667. The zero-order valence-corrected chi connectivity index (χ0v) is 11.2. The Morgan fingerprint density at radius 1 is 1.56 bits per heavy atom. The molecule has 0 saturated heterocycles. The molecule has 1 aromatic rings. The Morgan fingerprint density at radius 3 is 2.72 bits per heavy atom. The van der Waals surface area contributed by atoms with Gasteiger partial charge in [-0.05, 0) is 20.3 Å². The molecule has 0 unspecified atom stereocenters. The number of hydrogen-bond acceptors (Lipinski definition) is 4. The molecular weight excluding hydrogens is 232 g/mol. The highest BCUT2D eigenvalue weighted by Gasteiger charge is 2.24. The fourth-order valence-electron chi connectivity index (χ4n) is 1.83. The second-order valence-corrected chi connectivity index (χ2v) is 4.53. The predicted octanol–water partition coefficient (Wildman–Crippen LogP) is 0.787.